The van der Waals surface area contributed by atoms with Crippen molar-refractivity contribution in [3.8, 4) is 0 Å². The quantitative estimate of drug-likeness (QED) is 0.204. The Morgan fingerprint density at radius 3 is 2.34 bits per heavy atom. The molecule has 2 N–H and O–H groups in total. The number of alkyl halides is 3. The van der Waals surface area contributed by atoms with Crippen LogP contribution in [0.4, 0.5) is 28.9 Å². The number of carbonyl (C=O) groups excluding carboxylic acids is 2. The minimum atomic E-state index is -4.89. The number of benzene rings is 3. The lowest BCUT2D eigenvalue weighted by Gasteiger charge is -2.30. The maximum atomic E-state index is 14.4. The maximum absolute atomic E-state index is 14.4. The number of nitro groups is 1. The Morgan fingerprint density at radius 1 is 1.07 bits per heavy atom. The molecule has 1 unspecified atom stereocenters. The Labute approximate surface area is 231 Å². The third kappa shape index (κ3) is 5.74. The van der Waals surface area contributed by atoms with E-state index in [0.717, 1.165) is 24.3 Å². The molecule has 3 aromatic carbocycles. The molecule has 0 saturated carbocycles. The summed E-state index contributed by atoms with van der Waals surface area (Å²) in [6.07, 6.45) is -5.56. The molecule has 1 aliphatic rings. The minimum absolute atomic E-state index is 0.0183. The number of anilines is 1. The highest BCUT2D eigenvalue weighted by Crippen LogP contribution is 2.49. The first kappa shape index (κ1) is 29.2. The van der Waals surface area contributed by atoms with Crippen molar-refractivity contribution in [3.63, 3.8) is 0 Å². The van der Waals surface area contributed by atoms with Gasteiger partial charge in [0, 0.05) is 29.8 Å². The zero-order valence-corrected chi connectivity index (χ0v) is 22.0. The molecule has 0 aromatic heterocycles. The molecule has 1 atom stereocenters. The van der Waals surface area contributed by atoms with Crippen LogP contribution in [-0.4, -0.2) is 34.7 Å². The van der Waals surface area contributed by atoms with E-state index < -0.39 is 52.0 Å². The molecule has 0 aliphatic carbocycles. The Morgan fingerprint density at radius 2 is 1.76 bits per heavy atom. The van der Waals surface area contributed by atoms with E-state index >= 15 is 0 Å². The average Bonchev–Trinajstić information content (AvgIpc) is 3.36. The van der Waals surface area contributed by atoms with Gasteiger partial charge in [-0.05, 0) is 62.2 Å². The van der Waals surface area contributed by atoms with Crippen molar-refractivity contribution in [2.24, 2.45) is 5.16 Å². The van der Waals surface area contributed by atoms with Gasteiger partial charge < -0.3 is 15.5 Å². The second kappa shape index (κ2) is 11.0. The van der Waals surface area contributed by atoms with Crippen LogP contribution in [0.25, 0.3) is 0 Å². The van der Waals surface area contributed by atoms with Gasteiger partial charge in [-0.15, -0.1) is 0 Å². The smallest absolute Gasteiger partial charge is 0.374 e. The predicted molar refractivity (Wildman–Crippen MR) is 141 cm³/mol. The van der Waals surface area contributed by atoms with Gasteiger partial charge in [0.1, 0.15) is 11.4 Å². The van der Waals surface area contributed by atoms with Crippen LogP contribution < -0.4 is 10.6 Å². The molecule has 0 saturated heterocycles. The summed E-state index contributed by atoms with van der Waals surface area (Å²) >= 11 is 0. The highest BCUT2D eigenvalue weighted by molar-refractivity contribution is 6.14. The van der Waals surface area contributed by atoms with Crippen LogP contribution in [0, 0.1) is 22.9 Å². The number of halogens is 4. The Kier molecular flexibility index (Phi) is 7.82. The highest BCUT2D eigenvalue weighted by atomic mass is 19.4. The fraction of sp³-hybridized carbons (Fsp3) is 0.250. The van der Waals surface area contributed by atoms with E-state index in [4.69, 9.17) is 4.84 Å². The Hall–Kier alpha value is -4.81. The second-order valence-electron chi connectivity index (χ2n) is 9.71. The summed E-state index contributed by atoms with van der Waals surface area (Å²) in [5.74, 6) is -2.25. The minimum Gasteiger partial charge on any atom is -0.374 e. The number of rotatable bonds is 7. The van der Waals surface area contributed by atoms with Gasteiger partial charge >= 0.3 is 6.18 Å². The van der Waals surface area contributed by atoms with Gasteiger partial charge in [-0.2, -0.15) is 13.2 Å². The van der Waals surface area contributed by atoms with Crippen LogP contribution in [-0.2, 0) is 10.4 Å². The van der Waals surface area contributed by atoms with Gasteiger partial charge in [-0.3, -0.25) is 19.7 Å². The van der Waals surface area contributed by atoms with Crippen LogP contribution in [0.2, 0.25) is 0 Å². The van der Waals surface area contributed by atoms with Gasteiger partial charge in [0.15, 0.2) is 0 Å². The SMILES string of the molecule is Cc1cc(C2(C(F)(F)F)CC(c3ccc(F)cc3)=NO2)ccc1NC(=O)c1cccc([N+](=O)[O-])c1C(=O)NC(C)C. The van der Waals surface area contributed by atoms with Gasteiger partial charge in [0.25, 0.3) is 23.1 Å². The van der Waals surface area contributed by atoms with Crippen LogP contribution in [0.5, 0.6) is 0 Å². The lowest BCUT2D eigenvalue weighted by atomic mass is 9.85. The van der Waals surface area contributed by atoms with Gasteiger partial charge in [-0.1, -0.05) is 29.4 Å². The molecule has 9 nitrogen and oxygen atoms in total. The molecular weight excluding hydrogens is 548 g/mol. The largest absolute Gasteiger partial charge is 0.435 e. The molecule has 4 rings (SSSR count). The van der Waals surface area contributed by atoms with Crippen LogP contribution >= 0.6 is 0 Å². The summed E-state index contributed by atoms with van der Waals surface area (Å²) in [5.41, 5.74) is -3.84. The maximum Gasteiger partial charge on any atom is 0.435 e. The van der Waals surface area contributed by atoms with Gasteiger partial charge in [0.05, 0.1) is 16.2 Å². The second-order valence-corrected chi connectivity index (χ2v) is 9.71. The lowest BCUT2D eigenvalue weighted by molar-refractivity contribution is -0.385. The van der Waals surface area contributed by atoms with Gasteiger partial charge in [0.2, 0.25) is 0 Å². The van der Waals surface area contributed by atoms with Crippen molar-refractivity contribution in [2.45, 2.75) is 45.0 Å². The molecule has 3 aromatic rings. The summed E-state index contributed by atoms with van der Waals surface area (Å²) < 4.78 is 56.5. The third-order valence-corrected chi connectivity index (χ3v) is 6.43. The average molecular weight is 573 g/mol. The van der Waals surface area contributed by atoms with Crippen molar-refractivity contribution in [3.05, 3.63) is 104 Å². The standard InChI is InChI=1S/C28H24F4N4O5/c1-15(2)33-26(38)24-20(5-4-6-23(24)36(39)40)25(37)34-21-12-9-18(13-16(21)3)27(28(30,31)32)14-22(35-41-27)17-7-10-19(29)11-8-17/h4-13,15H,14H2,1-3H3,(H,33,38)(H,34,37). The van der Waals surface area contributed by atoms with E-state index in [-0.39, 0.29) is 39.7 Å². The number of amides is 2. The molecule has 41 heavy (non-hydrogen) atoms. The summed E-state index contributed by atoms with van der Waals surface area (Å²) in [5, 5.41) is 20.3. The summed E-state index contributed by atoms with van der Waals surface area (Å²) in [7, 11) is 0. The molecule has 0 bridgehead atoms. The fourth-order valence-corrected chi connectivity index (χ4v) is 4.40. The zero-order chi connectivity index (χ0) is 30.1. The molecule has 214 valence electrons. The van der Waals surface area contributed by atoms with E-state index in [1.807, 2.05) is 0 Å². The lowest BCUT2D eigenvalue weighted by Crippen LogP contribution is -2.42. The third-order valence-electron chi connectivity index (χ3n) is 6.43. The number of nitrogens with zero attached hydrogens (tertiary/aromatic N) is 2. The van der Waals surface area contributed by atoms with E-state index in [9.17, 15) is 37.3 Å². The van der Waals surface area contributed by atoms with E-state index in [1.165, 1.54) is 43.3 Å². The number of hydrogen-bond donors (Lipinski definition) is 2. The molecule has 2 amide bonds. The first-order valence-electron chi connectivity index (χ1n) is 12.3. The normalized spacial score (nSPS) is 16.6. The predicted octanol–water partition coefficient (Wildman–Crippen LogP) is 6.02. The number of aryl methyl sites for hydroxylation is 1. The number of carbonyl (C=O) groups is 2. The summed E-state index contributed by atoms with van der Waals surface area (Å²) in [4.78, 5) is 41.7. The Balaban J connectivity index is 1.65. The van der Waals surface area contributed by atoms with Crippen molar-refractivity contribution in [1.82, 2.24) is 5.32 Å². The first-order chi connectivity index (χ1) is 19.2. The monoisotopic (exact) mass is 572 g/mol. The molecule has 0 spiro atoms. The summed E-state index contributed by atoms with van der Waals surface area (Å²) in [6, 6.07) is 11.6. The number of nitro benzene ring substituents is 1. The van der Waals surface area contributed by atoms with E-state index in [2.05, 4.69) is 15.8 Å². The Bertz CT molecular complexity index is 1550. The van der Waals surface area contributed by atoms with E-state index in [1.54, 1.807) is 13.8 Å². The van der Waals surface area contributed by atoms with Crippen LogP contribution in [0.15, 0.2) is 65.8 Å². The number of hydrogen-bond acceptors (Lipinski definition) is 6. The molecule has 1 heterocycles. The van der Waals surface area contributed by atoms with Crippen LogP contribution in [0.3, 0.4) is 0 Å². The molecule has 1 aliphatic heterocycles. The molecular formula is C28H24F4N4O5. The topological polar surface area (TPSA) is 123 Å². The van der Waals surface area contributed by atoms with Crippen molar-refractivity contribution in [1.29, 1.82) is 0 Å². The first-order valence-corrected chi connectivity index (χ1v) is 12.3. The molecule has 13 heteroatoms. The molecule has 0 fully saturated rings. The number of oxime groups is 1. The van der Waals surface area contributed by atoms with E-state index in [0.29, 0.717) is 0 Å². The fourth-order valence-electron chi connectivity index (χ4n) is 4.40. The van der Waals surface area contributed by atoms with Crippen molar-refractivity contribution in [2.75, 3.05) is 5.32 Å². The van der Waals surface area contributed by atoms with Gasteiger partial charge in [-0.25, -0.2) is 4.39 Å². The highest BCUT2D eigenvalue weighted by Gasteiger charge is 2.62. The zero-order valence-electron chi connectivity index (χ0n) is 22.0. The molecule has 0 radical (unpaired) electrons. The van der Waals surface area contributed by atoms with Crippen molar-refractivity contribution >= 4 is 28.9 Å². The van der Waals surface area contributed by atoms with Crippen molar-refractivity contribution < 1.29 is 36.9 Å². The van der Waals surface area contributed by atoms with Crippen LogP contribution in [0.1, 0.15) is 57.7 Å². The number of nitrogens with one attached hydrogen (secondary N) is 2. The summed E-state index contributed by atoms with van der Waals surface area (Å²) in [6.45, 7) is 4.75.